The Morgan fingerprint density at radius 1 is 1.20 bits per heavy atom. The highest BCUT2D eigenvalue weighted by atomic mass is 19.1. The molecule has 5 heteroatoms. The average Bonchev–Trinajstić information content (AvgIpc) is 2.42. The van der Waals surface area contributed by atoms with Crippen LogP contribution in [0.5, 0.6) is 5.75 Å². The Hall–Kier alpha value is -2.56. The number of carbonyl (C=O) groups is 1. The van der Waals surface area contributed by atoms with Gasteiger partial charge in [-0.15, -0.1) is 0 Å². The van der Waals surface area contributed by atoms with Crippen molar-refractivity contribution >= 4 is 17.3 Å². The van der Waals surface area contributed by atoms with E-state index in [0.717, 1.165) is 5.56 Å². The largest absolute Gasteiger partial charge is 0.494 e. The Bertz CT molecular complexity index is 656. The van der Waals surface area contributed by atoms with Gasteiger partial charge in [0, 0.05) is 6.07 Å². The average molecular weight is 275 g/mol. The minimum absolute atomic E-state index is 0.149. The Morgan fingerprint density at radius 3 is 2.55 bits per heavy atom. The van der Waals surface area contributed by atoms with E-state index in [2.05, 4.69) is 5.32 Å². The zero-order valence-electron chi connectivity index (χ0n) is 11.1. The van der Waals surface area contributed by atoms with Crippen LogP contribution in [-0.2, 0) is 0 Å². The van der Waals surface area contributed by atoms with Crippen molar-refractivity contribution < 1.29 is 19.0 Å². The van der Waals surface area contributed by atoms with E-state index in [1.807, 2.05) is 6.92 Å². The molecule has 2 aromatic carbocycles. The van der Waals surface area contributed by atoms with E-state index in [4.69, 9.17) is 4.74 Å². The number of anilines is 2. The third-order valence-electron chi connectivity index (χ3n) is 2.84. The molecule has 0 amide bonds. The molecule has 104 valence electrons. The molecule has 0 radical (unpaired) electrons. The van der Waals surface area contributed by atoms with Gasteiger partial charge in [-0.25, -0.2) is 9.18 Å². The first-order valence-corrected chi connectivity index (χ1v) is 5.96. The van der Waals surface area contributed by atoms with Gasteiger partial charge in [0.2, 0.25) is 0 Å². The van der Waals surface area contributed by atoms with Crippen molar-refractivity contribution in [3.63, 3.8) is 0 Å². The highest BCUT2D eigenvalue weighted by molar-refractivity contribution is 5.95. The summed E-state index contributed by atoms with van der Waals surface area (Å²) in [6, 6.07) is 9.04. The Morgan fingerprint density at radius 2 is 1.90 bits per heavy atom. The summed E-state index contributed by atoms with van der Waals surface area (Å²) in [7, 11) is 1.42. The second-order valence-electron chi connectivity index (χ2n) is 4.32. The van der Waals surface area contributed by atoms with Crippen molar-refractivity contribution in [1.82, 2.24) is 0 Å². The number of methoxy groups -OCH3 is 1. The summed E-state index contributed by atoms with van der Waals surface area (Å²) in [5, 5.41) is 12.2. The van der Waals surface area contributed by atoms with E-state index >= 15 is 0 Å². The molecule has 0 aliphatic carbocycles. The number of aromatic carboxylic acids is 1. The van der Waals surface area contributed by atoms with E-state index in [0.29, 0.717) is 17.1 Å². The molecule has 0 heterocycles. The summed E-state index contributed by atoms with van der Waals surface area (Å²) < 4.78 is 18.2. The minimum Gasteiger partial charge on any atom is -0.494 e. The zero-order valence-corrected chi connectivity index (χ0v) is 11.1. The summed E-state index contributed by atoms with van der Waals surface area (Å²) in [5.41, 5.74) is 1.92. The maximum absolute atomic E-state index is 13.1. The summed E-state index contributed by atoms with van der Waals surface area (Å²) in [6.07, 6.45) is 0. The van der Waals surface area contributed by atoms with E-state index in [1.54, 1.807) is 18.2 Å². The number of rotatable bonds is 4. The Kier molecular flexibility index (Phi) is 3.89. The molecule has 0 saturated heterocycles. The molecule has 0 aromatic heterocycles. The van der Waals surface area contributed by atoms with E-state index in [1.165, 1.54) is 25.3 Å². The molecule has 2 N–H and O–H groups in total. The van der Waals surface area contributed by atoms with Gasteiger partial charge in [0.1, 0.15) is 11.6 Å². The number of hydrogen-bond acceptors (Lipinski definition) is 3. The first-order valence-electron chi connectivity index (χ1n) is 5.96. The van der Waals surface area contributed by atoms with Crippen LogP contribution in [0.4, 0.5) is 15.8 Å². The lowest BCUT2D eigenvalue weighted by molar-refractivity contribution is 0.0698. The normalized spacial score (nSPS) is 10.2. The molecule has 20 heavy (non-hydrogen) atoms. The molecular weight excluding hydrogens is 261 g/mol. The molecule has 2 rings (SSSR count). The molecule has 0 unspecified atom stereocenters. The van der Waals surface area contributed by atoms with Crippen molar-refractivity contribution in [2.75, 3.05) is 12.4 Å². The summed E-state index contributed by atoms with van der Waals surface area (Å²) in [4.78, 5) is 11.2. The second-order valence-corrected chi connectivity index (χ2v) is 4.32. The van der Waals surface area contributed by atoms with Gasteiger partial charge in [0.25, 0.3) is 0 Å². The standard InChI is InChI=1S/C15H14FNO3/c1-9-3-5-12(11(7-9)15(18)19)17-13-6-4-10(16)8-14(13)20-2/h3-8,17H,1-2H3,(H,18,19). The van der Waals surface area contributed by atoms with Crippen LogP contribution < -0.4 is 10.1 Å². The second kappa shape index (κ2) is 5.61. The van der Waals surface area contributed by atoms with Crippen LogP contribution in [0.3, 0.4) is 0 Å². The number of carboxylic acid groups (broad SMARTS) is 1. The number of nitrogens with one attached hydrogen (secondary N) is 1. The fraction of sp³-hybridized carbons (Fsp3) is 0.133. The third-order valence-corrected chi connectivity index (χ3v) is 2.84. The molecule has 4 nitrogen and oxygen atoms in total. The van der Waals surface area contributed by atoms with Crippen molar-refractivity contribution in [1.29, 1.82) is 0 Å². The predicted octanol–water partition coefficient (Wildman–Crippen LogP) is 3.58. The van der Waals surface area contributed by atoms with E-state index in [-0.39, 0.29) is 5.56 Å². The van der Waals surface area contributed by atoms with Crippen LogP contribution in [0, 0.1) is 12.7 Å². The zero-order chi connectivity index (χ0) is 14.7. The summed E-state index contributed by atoms with van der Waals surface area (Å²) >= 11 is 0. The first kappa shape index (κ1) is 13.9. The molecule has 2 aromatic rings. The molecule has 0 aliphatic heterocycles. The maximum atomic E-state index is 13.1. The predicted molar refractivity (Wildman–Crippen MR) is 74.4 cm³/mol. The number of carboxylic acids is 1. The van der Waals surface area contributed by atoms with E-state index < -0.39 is 11.8 Å². The molecule has 0 atom stereocenters. The summed E-state index contributed by atoms with van der Waals surface area (Å²) in [6.45, 7) is 1.81. The van der Waals surface area contributed by atoms with Crippen molar-refractivity contribution in [2.45, 2.75) is 6.92 Å². The highest BCUT2D eigenvalue weighted by Crippen LogP contribution is 2.30. The fourth-order valence-corrected chi connectivity index (χ4v) is 1.86. The smallest absolute Gasteiger partial charge is 0.337 e. The maximum Gasteiger partial charge on any atom is 0.337 e. The van der Waals surface area contributed by atoms with Gasteiger partial charge in [-0.2, -0.15) is 0 Å². The Balaban J connectivity index is 2.42. The number of aryl methyl sites for hydroxylation is 1. The van der Waals surface area contributed by atoms with Crippen LogP contribution >= 0.6 is 0 Å². The number of halogens is 1. The third kappa shape index (κ3) is 2.88. The minimum atomic E-state index is -1.03. The number of hydrogen-bond donors (Lipinski definition) is 2. The lowest BCUT2D eigenvalue weighted by Gasteiger charge is -2.13. The van der Waals surface area contributed by atoms with Crippen LogP contribution in [0.25, 0.3) is 0 Å². The molecule has 0 saturated carbocycles. The van der Waals surface area contributed by atoms with Crippen LogP contribution in [0.2, 0.25) is 0 Å². The SMILES string of the molecule is COc1cc(F)ccc1Nc1ccc(C)cc1C(=O)O. The number of benzene rings is 2. The quantitative estimate of drug-likeness (QED) is 0.895. The molecular formula is C15H14FNO3. The topological polar surface area (TPSA) is 58.6 Å². The number of ether oxygens (including phenoxy) is 1. The van der Waals surface area contributed by atoms with Crippen LogP contribution in [0.1, 0.15) is 15.9 Å². The highest BCUT2D eigenvalue weighted by Gasteiger charge is 2.12. The van der Waals surface area contributed by atoms with Crippen LogP contribution in [0.15, 0.2) is 36.4 Å². The lowest BCUT2D eigenvalue weighted by atomic mass is 10.1. The van der Waals surface area contributed by atoms with Gasteiger partial charge in [-0.1, -0.05) is 11.6 Å². The fourth-order valence-electron chi connectivity index (χ4n) is 1.86. The van der Waals surface area contributed by atoms with Gasteiger partial charge in [-0.3, -0.25) is 0 Å². The first-order chi connectivity index (χ1) is 9.51. The van der Waals surface area contributed by atoms with Crippen molar-refractivity contribution in [3.05, 3.63) is 53.3 Å². The van der Waals surface area contributed by atoms with Gasteiger partial charge in [0.15, 0.2) is 0 Å². The van der Waals surface area contributed by atoms with Gasteiger partial charge < -0.3 is 15.2 Å². The van der Waals surface area contributed by atoms with Crippen molar-refractivity contribution in [3.8, 4) is 5.75 Å². The van der Waals surface area contributed by atoms with Crippen molar-refractivity contribution in [2.24, 2.45) is 0 Å². The molecule has 0 aliphatic rings. The van der Waals surface area contributed by atoms with Gasteiger partial charge in [0.05, 0.1) is 24.0 Å². The lowest BCUT2D eigenvalue weighted by Crippen LogP contribution is -2.04. The van der Waals surface area contributed by atoms with E-state index in [9.17, 15) is 14.3 Å². The summed E-state index contributed by atoms with van der Waals surface area (Å²) in [5.74, 6) is -1.14. The monoisotopic (exact) mass is 275 g/mol. The molecule has 0 spiro atoms. The Labute approximate surface area is 115 Å². The molecule has 0 bridgehead atoms. The van der Waals surface area contributed by atoms with Gasteiger partial charge >= 0.3 is 5.97 Å². The molecule has 0 fully saturated rings. The van der Waals surface area contributed by atoms with Crippen LogP contribution in [-0.4, -0.2) is 18.2 Å². The van der Waals surface area contributed by atoms with Gasteiger partial charge in [-0.05, 0) is 31.2 Å².